The normalized spacial score (nSPS) is 15.0. The predicted molar refractivity (Wildman–Crippen MR) is 129 cm³/mol. The van der Waals surface area contributed by atoms with Crippen LogP contribution in [0, 0.1) is 6.92 Å². The molecule has 1 fully saturated rings. The summed E-state index contributed by atoms with van der Waals surface area (Å²) in [5.41, 5.74) is 8.19. The molecule has 1 saturated heterocycles. The van der Waals surface area contributed by atoms with Crippen molar-refractivity contribution in [3.63, 3.8) is 0 Å². The monoisotopic (exact) mass is 420 g/mol. The van der Waals surface area contributed by atoms with E-state index in [-0.39, 0.29) is 0 Å². The van der Waals surface area contributed by atoms with Crippen molar-refractivity contribution in [3.8, 4) is 11.3 Å². The SMILES string of the molecule is CCc1cc2c(nc1-c1ccc(C(C)C)nc1N1CCC1)c(C)cn2[C@H](CC)COC. The number of aryl methyl sites for hydroxylation is 2. The molecule has 3 aromatic rings. The number of pyridine rings is 2. The minimum atomic E-state index is 0.321. The minimum absolute atomic E-state index is 0.321. The predicted octanol–water partition coefficient (Wildman–Crippen LogP) is 5.90. The van der Waals surface area contributed by atoms with Crippen LogP contribution < -0.4 is 4.90 Å². The van der Waals surface area contributed by atoms with Crippen LogP contribution in [0.2, 0.25) is 0 Å². The minimum Gasteiger partial charge on any atom is -0.383 e. The second-order valence-corrected chi connectivity index (χ2v) is 9.06. The Balaban J connectivity index is 1.90. The van der Waals surface area contributed by atoms with Crippen LogP contribution in [-0.4, -0.2) is 41.3 Å². The van der Waals surface area contributed by atoms with Crippen molar-refractivity contribution < 1.29 is 4.74 Å². The maximum atomic E-state index is 5.49. The fraction of sp³-hybridized carbons (Fsp3) is 0.538. The van der Waals surface area contributed by atoms with Crippen LogP contribution >= 0.6 is 0 Å². The molecule has 3 aromatic heterocycles. The number of aromatic nitrogens is 3. The van der Waals surface area contributed by atoms with Gasteiger partial charge < -0.3 is 14.2 Å². The number of nitrogens with zero attached hydrogens (tertiary/aromatic N) is 4. The van der Waals surface area contributed by atoms with Crippen LogP contribution in [-0.2, 0) is 11.2 Å². The molecule has 5 nitrogen and oxygen atoms in total. The van der Waals surface area contributed by atoms with Gasteiger partial charge in [0, 0.05) is 37.7 Å². The zero-order chi connectivity index (χ0) is 22.1. The summed E-state index contributed by atoms with van der Waals surface area (Å²) in [5.74, 6) is 1.51. The third-order valence-corrected chi connectivity index (χ3v) is 6.57. The Labute approximate surface area is 186 Å². The highest BCUT2D eigenvalue weighted by atomic mass is 16.5. The smallest absolute Gasteiger partial charge is 0.138 e. The number of ether oxygens (including phenoxy) is 1. The molecule has 1 aliphatic rings. The Morgan fingerprint density at radius 2 is 1.90 bits per heavy atom. The summed E-state index contributed by atoms with van der Waals surface area (Å²) in [6.07, 6.45) is 5.44. The van der Waals surface area contributed by atoms with Gasteiger partial charge in [0.2, 0.25) is 0 Å². The van der Waals surface area contributed by atoms with E-state index in [1.807, 2.05) is 0 Å². The summed E-state index contributed by atoms with van der Waals surface area (Å²) in [4.78, 5) is 12.7. The Morgan fingerprint density at radius 3 is 2.48 bits per heavy atom. The van der Waals surface area contributed by atoms with Crippen molar-refractivity contribution in [3.05, 3.63) is 41.2 Å². The van der Waals surface area contributed by atoms with Crippen molar-refractivity contribution in [1.29, 1.82) is 0 Å². The van der Waals surface area contributed by atoms with Crippen LogP contribution in [0.25, 0.3) is 22.3 Å². The highest BCUT2D eigenvalue weighted by Gasteiger charge is 2.24. The maximum absolute atomic E-state index is 5.49. The quantitative estimate of drug-likeness (QED) is 0.455. The molecule has 166 valence electrons. The lowest BCUT2D eigenvalue weighted by atomic mass is 10.00. The largest absolute Gasteiger partial charge is 0.383 e. The highest BCUT2D eigenvalue weighted by Crippen LogP contribution is 2.37. The molecule has 0 aromatic carbocycles. The third-order valence-electron chi connectivity index (χ3n) is 6.57. The first-order valence-electron chi connectivity index (χ1n) is 11.7. The van der Waals surface area contributed by atoms with E-state index in [1.54, 1.807) is 7.11 Å². The van der Waals surface area contributed by atoms with Crippen LogP contribution in [0.3, 0.4) is 0 Å². The van der Waals surface area contributed by atoms with Gasteiger partial charge in [-0.3, -0.25) is 0 Å². The molecule has 0 amide bonds. The van der Waals surface area contributed by atoms with Crippen molar-refractivity contribution in [2.24, 2.45) is 0 Å². The van der Waals surface area contributed by atoms with E-state index in [1.165, 1.54) is 28.6 Å². The molecule has 0 saturated carbocycles. The number of rotatable bonds is 8. The lowest BCUT2D eigenvalue weighted by molar-refractivity contribution is 0.155. The first-order valence-corrected chi connectivity index (χ1v) is 11.7. The molecule has 0 bridgehead atoms. The third kappa shape index (κ3) is 3.96. The first-order chi connectivity index (χ1) is 15.0. The fourth-order valence-electron chi connectivity index (χ4n) is 4.50. The molecular weight excluding hydrogens is 384 g/mol. The molecule has 1 aliphatic heterocycles. The molecule has 4 heterocycles. The second kappa shape index (κ2) is 8.99. The van der Waals surface area contributed by atoms with E-state index >= 15 is 0 Å². The molecule has 31 heavy (non-hydrogen) atoms. The van der Waals surface area contributed by atoms with Gasteiger partial charge in [0.1, 0.15) is 5.82 Å². The molecule has 0 radical (unpaired) electrons. The number of anilines is 1. The lowest BCUT2D eigenvalue weighted by Crippen LogP contribution is -2.38. The van der Waals surface area contributed by atoms with Gasteiger partial charge in [0.15, 0.2) is 0 Å². The van der Waals surface area contributed by atoms with Gasteiger partial charge in [0.05, 0.1) is 29.4 Å². The standard InChI is InChI=1S/C26H36N4O/c1-7-19-14-23-24(18(5)15-30(23)20(8-2)16-31-6)28-25(19)21-10-11-22(17(3)4)27-26(21)29-12-9-13-29/h10-11,14-15,17,20H,7-9,12-13,16H2,1-6H3/t20-/m1/s1. The van der Waals surface area contributed by atoms with Gasteiger partial charge in [-0.15, -0.1) is 0 Å². The highest BCUT2D eigenvalue weighted by molar-refractivity contribution is 5.87. The molecular formula is C26H36N4O. The molecule has 0 unspecified atom stereocenters. The Morgan fingerprint density at radius 1 is 1.13 bits per heavy atom. The summed E-state index contributed by atoms with van der Waals surface area (Å²) < 4.78 is 7.86. The average molecular weight is 421 g/mol. The van der Waals surface area contributed by atoms with Crippen LogP contribution in [0.4, 0.5) is 5.82 Å². The maximum Gasteiger partial charge on any atom is 0.138 e. The van der Waals surface area contributed by atoms with Gasteiger partial charge in [-0.1, -0.05) is 27.7 Å². The van der Waals surface area contributed by atoms with Gasteiger partial charge in [-0.05, 0) is 61.4 Å². The summed E-state index contributed by atoms with van der Waals surface area (Å²) in [5, 5.41) is 0. The van der Waals surface area contributed by atoms with Crippen LogP contribution in [0.15, 0.2) is 24.4 Å². The molecule has 4 rings (SSSR count). The van der Waals surface area contributed by atoms with Crippen molar-refractivity contribution >= 4 is 16.9 Å². The van der Waals surface area contributed by atoms with Crippen LogP contribution in [0.5, 0.6) is 0 Å². The topological polar surface area (TPSA) is 43.2 Å². The second-order valence-electron chi connectivity index (χ2n) is 9.06. The van der Waals surface area contributed by atoms with Gasteiger partial charge >= 0.3 is 0 Å². The Kier molecular flexibility index (Phi) is 6.33. The lowest BCUT2D eigenvalue weighted by Gasteiger charge is -2.34. The molecule has 1 atom stereocenters. The molecule has 0 N–H and O–H groups in total. The van der Waals surface area contributed by atoms with Gasteiger partial charge in [-0.25, -0.2) is 9.97 Å². The first kappa shape index (κ1) is 21.8. The van der Waals surface area contributed by atoms with Crippen molar-refractivity contribution in [2.75, 3.05) is 31.7 Å². The van der Waals surface area contributed by atoms with E-state index in [9.17, 15) is 0 Å². The number of hydrogen-bond acceptors (Lipinski definition) is 4. The molecule has 0 spiro atoms. The summed E-state index contributed by atoms with van der Waals surface area (Å²) in [7, 11) is 1.78. The summed E-state index contributed by atoms with van der Waals surface area (Å²) in [6.45, 7) is 13.9. The fourth-order valence-corrected chi connectivity index (χ4v) is 4.50. The molecule has 0 aliphatic carbocycles. The number of hydrogen-bond donors (Lipinski definition) is 0. The Bertz CT molecular complexity index is 1060. The number of methoxy groups -OCH3 is 1. The number of fused-ring (bicyclic) bond motifs is 1. The zero-order valence-corrected chi connectivity index (χ0v) is 19.9. The van der Waals surface area contributed by atoms with Crippen molar-refractivity contribution in [2.45, 2.75) is 65.8 Å². The van der Waals surface area contributed by atoms with E-state index in [4.69, 9.17) is 14.7 Å². The average Bonchev–Trinajstić information content (AvgIpc) is 3.05. The zero-order valence-electron chi connectivity index (χ0n) is 19.9. The molecule has 5 heteroatoms. The van der Waals surface area contributed by atoms with Gasteiger partial charge in [-0.2, -0.15) is 0 Å². The summed E-state index contributed by atoms with van der Waals surface area (Å²) in [6, 6.07) is 7.09. The van der Waals surface area contributed by atoms with Crippen molar-refractivity contribution in [1.82, 2.24) is 14.5 Å². The van der Waals surface area contributed by atoms with E-state index in [0.717, 1.165) is 48.7 Å². The van der Waals surface area contributed by atoms with E-state index in [0.29, 0.717) is 18.6 Å². The van der Waals surface area contributed by atoms with E-state index in [2.05, 4.69) is 68.5 Å². The van der Waals surface area contributed by atoms with E-state index < -0.39 is 0 Å². The van der Waals surface area contributed by atoms with Crippen LogP contribution in [0.1, 0.15) is 69.3 Å². The summed E-state index contributed by atoms with van der Waals surface area (Å²) >= 11 is 0. The Hall–Kier alpha value is -2.40. The van der Waals surface area contributed by atoms with Gasteiger partial charge in [0.25, 0.3) is 0 Å².